The number of benzene rings is 1. The molecule has 1 heterocycles. The molecule has 0 saturated carbocycles. The van der Waals surface area contributed by atoms with Crippen molar-refractivity contribution in [3.63, 3.8) is 0 Å². The Morgan fingerprint density at radius 2 is 1.86 bits per heavy atom. The Bertz CT molecular complexity index is 584. The van der Waals surface area contributed by atoms with Crippen LogP contribution in [0.25, 0.3) is 0 Å². The van der Waals surface area contributed by atoms with E-state index >= 15 is 0 Å². The normalized spacial score (nSPS) is 12.2. The van der Waals surface area contributed by atoms with Crippen molar-refractivity contribution in [3.05, 3.63) is 53.0 Å². The highest BCUT2D eigenvalue weighted by atomic mass is 16.5. The third-order valence-corrected chi connectivity index (χ3v) is 3.52. The van der Waals surface area contributed by atoms with Gasteiger partial charge in [-0.1, -0.05) is 37.3 Å². The lowest BCUT2D eigenvalue weighted by atomic mass is 10.1. The molecule has 0 aliphatic heterocycles. The van der Waals surface area contributed by atoms with E-state index in [4.69, 9.17) is 9.72 Å². The Morgan fingerprint density at radius 3 is 2.43 bits per heavy atom. The molecule has 0 fully saturated rings. The topological polar surface area (TPSA) is 47.0 Å². The number of hydrogen-bond donors (Lipinski definition) is 1. The van der Waals surface area contributed by atoms with Gasteiger partial charge in [0, 0.05) is 24.9 Å². The monoisotopic (exact) mass is 285 g/mol. The predicted octanol–water partition coefficient (Wildman–Crippen LogP) is 3.52. The van der Waals surface area contributed by atoms with Gasteiger partial charge in [-0.05, 0) is 25.8 Å². The van der Waals surface area contributed by atoms with Crippen LogP contribution >= 0.6 is 0 Å². The van der Waals surface area contributed by atoms with Crippen molar-refractivity contribution in [3.8, 4) is 0 Å². The summed E-state index contributed by atoms with van der Waals surface area (Å²) in [4.78, 5) is 9.38. The van der Waals surface area contributed by atoms with E-state index in [9.17, 15) is 0 Å². The fraction of sp³-hybridized carbons (Fsp3) is 0.412. The smallest absolute Gasteiger partial charge is 0.164 e. The summed E-state index contributed by atoms with van der Waals surface area (Å²) in [6.07, 6.45) is 0.639. The number of anilines is 1. The maximum absolute atomic E-state index is 5.64. The summed E-state index contributed by atoms with van der Waals surface area (Å²) < 4.78 is 5.64. The van der Waals surface area contributed by atoms with Crippen molar-refractivity contribution in [2.24, 2.45) is 0 Å². The number of aromatic nitrogens is 2. The summed E-state index contributed by atoms with van der Waals surface area (Å²) in [7, 11) is 1.69. The average Bonchev–Trinajstić information content (AvgIpc) is 2.52. The minimum Gasteiger partial charge on any atom is -0.370 e. The lowest BCUT2D eigenvalue weighted by Crippen LogP contribution is -2.14. The maximum Gasteiger partial charge on any atom is 0.164 e. The molecule has 0 spiro atoms. The molecule has 0 aliphatic rings. The zero-order chi connectivity index (χ0) is 15.2. The average molecular weight is 285 g/mol. The number of ether oxygens (including phenoxy) is 1. The molecule has 1 N–H and O–H groups in total. The highest BCUT2D eigenvalue weighted by Crippen LogP contribution is 2.26. The number of nitrogens with zero attached hydrogens (tertiary/aromatic N) is 2. The molecule has 4 heteroatoms. The first-order valence-corrected chi connectivity index (χ1v) is 7.40. The fourth-order valence-corrected chi connectivity index (χ4v) is 2.40. The first kappa shape index (κ1) is 15.4. The number of hydrogen-bond acceptors (Lipinski definition) is 4. The Morgan fingerprint density at radius 1 is 1.14 bits per heavy atom. The van der Waals surface area contributed by atoms with Crippen molar-refractivity contribution in [1.29, 1.82) is 0 Å². The van der Waals surface area contributed by atoms with Crippen molar-refractivity contribution in [1.82, 2.24) is 9.97 Å². The van der Waals surface area contributed by atoms with E-state index in [-0.39, 0.29) is 6.10 Å². The van der Waals surface area contributed by atoms with Crippen LogP contribution in [-0.2, 0) is 11.2 Å². The summed E-state index contributed by atoms with van der Waals surface area (Å²) in [5, 5.41) is 3.31. The first-order chi connectivity index (χ1) is 10.2. The van der Waals surface area contributed by atoms with E-state index in [0.29, 0.717) is 5.82 Å². The quantitative estimate of drug-likeness (QED) is 0.882. The highest BCUT2D eigenvalue weighted by molar-refractivity contribution is 5.46. The van der Waals surface area contributed by atoms with E-state index in [1.807, 2.05) is 30.3 Å². The van der Waals surface area contributed by atoms with Gasteiger partial charge in [0.25, 0.3) is 0 Å². The third kappa shape index (κ3) is 3.39. The molecular formula is C17H23N3O. The zero-order valence-corrected chi connectivity index (χ0v) is 13.2. The van der Waals surface area contributed by atoms with Gasteiger partial charge in [0.05, 0.1) is 0 Å². The van der Waals surface area contributed by atoms with Gasteiger partial charge in [0.2, 0.25) is 0 Å². The molecule has 0 bridgehead atoms. The number of rotatable bonds is 6. The third-order valence-electron chi connectivity index (χ3n) is 3.52. The summed E-state index contributed by atoms with van der Waals surface area (Å²) in [5.41, 5.74) is 3.24. The Balaban J connectivity index is 2.48. The standard InChI is InChI=1S/C17H23N3O/c1-5-14-12(3)16(18-6-2)20-17(19-14)15(21-4)13-10-8-7-9-11-13/h7-11,15H,5-6H2,1-4H3,(H,18,19,20). The lowest BCUT2D eigenvalue weighted by molar-refractivity contribution is 0.129. The second kappa shape index (κ2) is 7.18. The van der Waals surface area contributed by atoms with Crippen LogP contribution in [0.3, 0.4) is 0 Å². The van der Waals surface area contributed by atoms with Crippen LogP contribution in [0.15, 0.2) is 30.3 Å². The summed E-state index contributed by atoms with van der Waals surface area (Å²) in [5.74, 6) is 1.61. The maximum atomic E-state index is 5.64. The molecular weight excluding hydrogens is 262 g/mol. The van der Waals surface area contributed by atoms with Gasteiger partial charge in [-0.25, -0.2) is 9.97 Å². The molecule has 4 nitrogen and oxygen atoms in total. The Hall–Kier alpha value is -1.94. The molecule has 0 aliphatic carbocycles. The summed E-state index contributed by atoms with van der Waals surface area (Å²) >= 11 is 0. The number of nitrogens with one attached hydrogen (secondary N) is 1. The van der Waals surface area contributed by atoms with Crippen molar-refractivity contribution >= 4 is 5.82 Å². The molecule has 112 valence electrons. The van der Waals surface area contributed by atoms with Crippen molar-refractivity contribution in [2.45, 2.75) is 33.3 Å². The minimum atomic E-state index is -0.241. The SMILES string of the molecule is CCNc1nc(C(OC)c2ccccc2)nc(CC)c1C. The molecule has 1 unspecified atom stereocenters. The van der Waals surface area contributed by atoms with Crippen LogP contribution in [-0.4, -0.2) is 23.6 Å². The van der Waals surface area contributed by atoms with Crippen LogP contribution in [0, 0.1) is 6.92 Å². The van der Waals surface area contributed by atoms with E-state index in [1.165, 1.54) is 0 Å². The molecule has 21 heavy (non-hydrogen) atoms. The molecule has 0 saturated heterocycles. The van der Waals surface area contributed by atoms with Gasteiger partial charge in [0.1, 0.15) is 11.9 Å². The molecule has 1 aromatic carbocycles. The predicted molar refractivity (Wildman–Crippen MR) is 85.6 cm³/mol. The first-order valence-electron chi connectivity index (χ1n) is 7.40. The van der Waals surface area contributed by atoms with E-state index in [1.54, 1.807) is 7.11 Å². The van der Waals surface area contributed by atoms with Crippen LogP contribution in [0.1, 0.15) is 42.6 Å². The second-order valence-corrected chi connectivity index (χ2v) is 4.91. The highest BCUT2D eigenvalue weighted by Gasteiger charge is 2.19. The van der Waals surface area contributed by atoms with Crippen LogP contribution in [0.2, 0.25) is 0 Å². The summed E-state index contributed by atoms with van der Waals surface area (Å²) in [6.45, 7) is 7.07. The molecule has 2 rings (SSSR count). The van der Waals surface area contributed by atoms with Crippen LogP contribution in [0.5, 0.6) is 0 Å². The number of methoxy groups -OCH3 is 1. The van der Waals surface area contributed by atoms with Gasteiger partial charge in [0.15, 0.2) is 5.82 Å². The van der Waals surface area contributed by atoms with E-state index in [0.717, 1.165) is 35.6 Å². The van der Waals surface area contributed by atoms with Crippen molar-refractivity contribution < 1.29 is 4.74 Å². The van der Waals surface area contributed by atoms with Gasteiger partial charge in [-0.2, -0.15) is 0 Å². The van der Waals surface area contributed by atoms with Gasteiger partial charge >= 0.3 is 0 Å². The van der Waals surface area contributed by atoms with Crippen LogP contribution < -0.4 is 5.32 Å². The summed E-state index contributed by atoms with van der Waals surface area (Å²) in [6, 6.07) is 10.1. The molecule has 0 amide bonds. The van der Waals surface area contributed by atoms with E-state index in [2.05, 4.69) is 31.1 Å². The van der Waals surface area contributed by atoms with Crippen LogP contribution in [0.4, 0.5) is 5.82 Å². The molecule has 0 radical (unpaired) electrons. The minimum absolute atomic E-state index is 0.241. The fourth-order valence-electron chi connectivity index (χ4n) is 2.40. The van der Waals surface area contributed by atoms with Gasteiger partial charge in [-0.15, -0.1) is 0 Å². The Labute approximate surface area is 126 Å². The molecule has 1 aromatic heterocycles. The van der Waals surface area contributed by atoms with E-state index < -0.39 is 0 Å². The zero-order valence-electron chi connectivity index (χ0n) is 13.2. The number of aryl methyl sites for hydroxylation is 1. The van der Waals surface area contributed by atoms with Gasteiger partial charge in [-0.3, -0.25) is 0 Å². The van der Waals surface area contributed by atoms with Crippen molar-refractivity contribution in [2.75, 3.05) is 19.0 Å². The molecule has 1 atom stereocenters. The largest absolute Gasteiger partial charge is 0.370 e. The van der Waals surface area contributed by atoms with Gasteiger partial charge < -0.3 is 10.1 Å². The second-order valence-electron chi connectivity index (χ2n) is 4.91. The molecule has 2 aromatic rings. The Kier molecular flexibility index (Phi) is 5.28. The lowest BCUT2D eigenvalue weighted by Gasteiger charge is -2.18.